The molecule has 0 radical (unpaired) electrons. The van der Waals surface area contributed by atoms with Gasteiger partial charge in [0.15, 0.2) is 0 Å². The molecule has 2 N–H and O–H groups in total. The summed E-state index contributed by atoms with van der Waals surface area (Å²) in [5, 5.41) is 16.4. The molecule has 0 heterocycles. The first-order chi connectivity index (χ1) is 5.07. The van der Waals surface area contributed by atoms with Gasteiger partial charge in [-0.1, -0.05) is 6.08 Å². The summed E-state index contributed by atoms with van der Waals surface area (Å²) in [4.78, 5) is 20.3. The molecule has 60 valence electrons. The summed E-state index contributed by atoms with van der Waals surface area (Å²) < 4.78 is 0. The zero-order chi connectivity index (χ0) is 8.85. The monoisotopic (exact) mass is 156 g/mol. The fraction of sp³-hybridized carbons (Fsp3) is 0.143. The van der Waals surface area contributed by atoms with Crippen molar-refractivity contribution in [2.24, 2.45) is 0 Å². The van der Waals surface area contributed by atoms with E-state index in [1.807, 2.05) is 0 Å². The Labute approximate surface area is 63.5 Å². The molecule has 4 heteroatoms. The van der Waals surface area contributed by atoms with Crippen molar-refractivity contribution in [1.82, 2.24) is 0 Å². The fourth-order valence-electron chi connectivity index (χ4n) is 0.321. The highest BCUT2D eigenvalue weighted by Crippen LogP contribution is 1.92. The van der Waals surface area contributed by atoms with Crippen LogP contribution in [-0.2, 0) is 9.59 Å². The second kappa shape index (κ2) is 4.27. The zero-order valence-corrected chi connectivity index (χ0v) is 5.94. The number of ketones is 1. The molecule has 0 amide bonds. The van der Waals surface area contributed by atoms with Crippen molar-refractivity contribution in [3.05, 3.63) is 24.0 Å². The van der Waals surface area contributed by atoms with E-state index in [0.717, 1.165) is 12.3 Å². The number of hydrogen-bond acceptors (Lipinski definition) is 3. The lowest BCUT2D eigenvalue weighted by molar-refractivity contribution is -0.146. The number of aliphatic carboxylic acids is 1. The number of allylic oxidation sites excluding steroid dienone is 2. The highest BCUT2D eigenvalue weighted by molar-refractivity contribution is 6.37. The second-order valence-corrected chi connectivity index (χ2v) is 1.88. The van der Waals surface area contributed by atoms with Crippen LogP contribution in [0.4, 0.5) is 0 Å². The molecule has 0 aromatic heterocycles. The number of carbonyl (C=O) groups is 2. The van der Waals surface area contributed by atoms with Gasteiger partial charge in [0.25, 0.3) is 5.78 Å². The van der Waals surface area contributed by atoms with Gasteiger partial charge in [0.1, 0.15) is 0 Å². The number of rotatable bonds is 3. The third-order valence-electron chi connectivity index (χ3n) is 0.912. The molecule has 0 fully saturated rings. The largest absolute Gasteiger partial charge is 0.515 e. The number of carboxylic acids is 1. The van der Waals surface area contributed by atoms with Gasteiger partial charge in [-0.05, 0) is 18.6 Å². The normalized spacial score (nSPS) is 11.9. The Morgan fingerprint density at radius 3 is 2.18 bits per heavy atom. The van der Waals surface area contributed by atoms with Gasteiger partial charge in [0, 0.05) is 0 Å². The van der Waals surface area contributed by atoms with Crippen molar-refractivity contribution >= 4 is 11.8 Å². The molecule has 0 bridgehead atoms. The summed E-state index contributed by atoms with van der Waals surface area (Å²) in [5.41, 5.74) is 0.416. The quantitative estimate of drug-likeness (QED) is 0.272. The van der Waals surface area contributed by atoms with E-state index < -0.39 is 11.8 Å². The Bertz CT molecular complexity index is 225. The van der Waals surface area contributed by atoms with E-state index in [2.05, 4.69) is 0 Å². The molecular formula is C7H8O4. The predicted octanol–water partition coefficient (Wildman–Crippen LogP) is 0.658. The van der Waals surface area contributed by atoms with Crippen molar-refractivity contribution in [3.63, 3.8) is 0 Å². The van der Waals surface area contributed by atoms with Crippen LogP contribution in [0.25, 0.3) is 0 Å². The van der Waals surface area contributed by atoms with Crippen molar-refractivity contribution in [2.45, 2.75) is 6.92 Å². The summed E-state index contributed by atoms with van der Waals surface area (Å²) >= 11 is 0. The van der Waals surface area contributed by atoms with Gasteiger partial charge < -0.3 is 10.2 Å². The zero-order valence-electron chi connectivity index (χ0n) is 5.94. The van der Waals surface area contributed by atoms with Gasteiger partial charge in [0.05, 0.1) is 6.26 Å². The Kier molecular flexibility index (Phi) is 3.66. The van der Waals surface area contributed by atoms with Crippen LogP contribution in [0.2, 0.25) is 0 Å². The van der Waals surface area contributed by atoms with Crippen LogP contribution in [0.5, 0.6) is 0 Å². The van der Waals surface area contributed by atoms with Crippen molar-refractivity contribution in [3.8, 4) is 0 Å². The summed E-state index contributed by atoms with van der Waals surface area (Å²) in [5.74, 6) is -2.52. The molecule has 0 aromatic carbocycles. The predicted molar refractivity (Wildman–Crippen MR) is 38.2 cm³/mol. The standard InChI is InChI=1S/C7H8O4/c1-5(4-8)2-3-6(9)7(10)11/h2-4,8H,1H3,(H,10,11)/b3-2-,5-4-. The van der Waals surface area contributed by atoms with E-state index in [4.69, 9.17) is 10.2 Å². The van der Waals surface area contributed by atoms with Crippen molar-refractivity contribution in [2.75, 3.05) is 0 Å². The lowest BCUT2D eigenvalue weighted by Gasteiger charge is -1.85. The van der Waals surface area contributed by atoms with Crippen LogP contribution in [0.3, 0.4) is 0 Å². The number of hydrogen-bond donors (Lipinski definition) is 2. The van der Waals surface area contributed by atoms with Crippen LogP contribution in [-0.4, -0.2) is 22.0 Å². The van der Waals surface area contributed by atoms with Crippen LogP contribution in [0, 0.1) is 0 Å². The van der Waals surface area contributed by atoms with Crippen LogP contribution < -0.4 is 0 Å². The summed E-state index contributed by atoms with van der Waals surface area (Å²) in [6, 6.07) is 0. The van der Waals surface area contributed by atoms with E-state index >= 15 is 0 Å². The van der Waals surface area contributed by atoms with Gasteiger partial charge in [-0.25, -0.2) is 4.79 Å². The van der Waals surface area contributed by atoms with Gasteiger partial charge in [-0.3, -0.25) is 4.79 Å². The number of aliphatic hydroxyl groups is 1. The van der Waals surface area contributed by atoms with Gasteiger partial charge >= 0.3 is 5.97 Å². The summed E-state index contributed by atoms with van der Waals surface area (Å²) in [6.45, 7) is 1.53. The minimum absolute atomic E-state index is 0.416. The lowest BCUT2D eigenvalue weighted by Crippen LogP contribution is -2.08. The van der Waals surface area contributed by atoms with Crippen LogP contribution in [0.1, 0.15) is 6.92 Å². The van der Waals surface area contributed by atoms with Crippen LogP contribution in [0.15, 0.2) is 24.0 Å². The minimum atomic E-state index is -1.51. The molecule has 11 heavy (non-hydrogen) atoms. The topological polar surface area (TPSA) is 74.6 Å². The molecule has 0 aliphatic carbocycles. The molecule has 0 aromatic rings. The van der Waals surface area contributed by atoms with Crippen molar-refractivity contribution < 1.29 is 19.8 Å². The minimum Gasteiger partial charge on any atom is -0.515 e. The molecular weight excluding hydrogens is 148 g/mol. The number of carbonyl (C=O) groups excluding carboxylic acids is 1. The molecule has 0 aliphatic rings. The first-order valence-corrected chi connectivity index (χ1v) is 2.84. The SMILES string of the molecule is CC(/C=C\C(=O)C(=O)O)=C/O. The molecule has 0 aliphatic heterocycles. The number of carboxylic acid groups (broad SMARTS) is 1. The Balaban J connectivity index is 4.15. The molecule has 0 spiro atoms. The molecule has 0 rings (SSSR count). The van der Waals surface area contributed by atoms with Gasteiger partial charge in [0.2, 0.25) is 0 Å². The van der Waals surface area contributed by atoms with E-state index in [0.29, 0.717) is 5.57 Å². The Hall–Kier alpha value is -1.58. The average Bonchev–Trinajstić information content (AvgIpc) is 1.99. The second-order valence-electron chi connectivity index (χ2n) is 1.88. The molecule has 0 saturated carbocycles. The molecule has 4 nitrogen and oxygen atoms in total. The van der Waals surface area contributed by atoms with Crippen LogP contribution >= 0.6 is 0 Å². The maximum absolute atomic E-state index is 10.4. The third kappa shape index (κ3) is 3.91. The Morgan fingerprint density at radius 1 is 1.27 bits per heavy atom. The summed E-state index contributed by atoms with van der Waals surface area (Å²) in [6.07, 6.45) is 2.88. The smallest absolute Gasteiger partial charge is 0.376 e. The molecule has 0 unspecified atom stereocenters. The molecule has 0 atom stereocenters. The lowest BCUT2D eigenvalue weighted by atomic mass is 10.2. The van der Waals surface area contributed by atoms with E-state index in [9.17, 15) is 9.59 Å². The first kappa shape index (κ1) is 9.42. The number of aliphatic hydroxyl groups excluding tert-OH is 1. The fourth-order valence-corrected chi connectivity index (χ4v) is 0.321. The van der Waals surface area contributed by atoms with Gasteiger partial charge in [-0.2, -0.15) is 0 Å². The molecule has 0 saturated heterocycles. The highest BCUT2D eigenvalue weighted by atomic mass is 16.4. The summed E-state index contributed by atoms with van der Waals surface area (Å²) in [7, 11) is 0. The maximum atomic E-state index is 10.4. The van der Waals surface area contributed by atoms with E-state index in [1.165, 1.54) is 13.0 Å². The maximum Gasteiger partial charge on any atom is 0.376 e. The van der Waals surface area contributed by atoms with E-state index in [-0.39, 0.29) is 0 Å². The highest BCUT2D eigenvalue weighted by Gasteiger charge is 2.04. The first-order valence-electron chi connectivity index (χ1n) is 2.84. The average molecular weight is 156 g/mol. The van der Waals surface area contributed by atoms with Crippen molar-refractivity contribution in [1.29, 1.82) is 0 Å². The van der Waals surface area contributed by atoms with E-state index in [1.54, 1.807) is 0 Å². The van der Waals surface area contributed by atoms with Gasteiger partial charge in [-0.15, -0.1) is 0 Å². The third-order valence-corrected chi connectivity index (χ3v) is 0.912. The Morgan fingerprint density at radius 2 is 1.82 bits per heavy atom.